The molecule has 0 unspecified atom stereocenters. The number of morpholine rings is 1. The Kier molecular flexibility index (Phi) is 7.76. The minimum Gasteiger partial charge on any atom is -0.379 e. The van der Waals surface area contributed by atoms with Gasteiger partial charge >= 0.3 is 0 Å². The maximum Gasteiger partial charge on any atom is 0.0594 e. The van der Waals surface area contributed by atoms with Gasteiger partial charge in [-0.25, -0.2) is 0 Å². The normalized spacial score (nSPS) is 15.0. The third-order valence-electron chi connectivity index (χ3n) is 1.44. The maximum atomic E-state index is 5.10. The van der Waals surface area contributed by atoms with Crippen LogP contribution in [0.4, 0.5) is 0 Å². The number of terminal acetylenes is 2. The fourth-order valence-electron chi connectivity index (χ4n) is 0.727. The van der Waals surface area contributed by atoms with Crippen molar-refractivity contribution in [3.05, 3.63) is 0 Å². The van der Waals surface area contributed by atoms with Crippen LogP contribution in [-0.2, 0) is 4.74 Å². The Morgan fingerprint density at radius 2 is 1.62 bits per heavy atom. The van der Waals surface area contributed by atoms with Crippen LogP contribution in [0.3, 0.4) is 0 Å². The molecule has 2 nitrogen and oxygen atoms in total. The molecular formula is C11H15NO. The summed E-state index contributed by atoms with van der Waals surface area (Å²) >= 11 is 0. The van der Waals surface area contributed by atoms with Crippen LogP contribution in [0.1, 0.15) is 1.43 Å². The Morgan fingerprint density at radius 3 is 1.85 bits per heavy atom. The molecule has 0 aromatic heterocycles. The van der Waals surface area contributed by atoms with Gasteiger partial charge in [0.15, 0.2) is 0 Å². The molecule has 0 spiro atoms. The van der Waals surface area contributed by atoms with Crippen LogP contribution in [0.15, 0.2) is 0 Å². The molecule has 0 aromatic carbocycles. The second-order valence-electron chi connectivity index (χ2n) is 2.45. The average molecular weight is 177 g/mol. The number of hydrogen-bond acceptors (Lipinski definition) is 2. The molecule has 13 heavy (non-hydrogen) atoms. The van der Waals surface area contributed by atoms with Gasteiger partial charge in [-0.15, -0.1) is 12.8 Å². The molecule has 0 bridgehead atoms. The van der Waals surface area contributed by atoms with Gasteiger partial charge < -0.3 is 9.64 Å². The molecule has 0 atom stereocenters. The van der Waals surface area contributed by atoms with Crippen LogP contribution >= 0.6 is 0 Å². The summed E-state index contributed by atoms with van der Waals surface area (Å²) in [6, 6.07) is 0. The first kappa shape index (κ1) is 11.6. The third-order valence-corrected chi connectivity index (χ3v) is 1.44. The topological polar surface area (TPSA) is 12.5 Å². The van der Waals surface area contributed by atoms with Crippen molar-refractivity contribution >= 4 is 0 Å². The molecule has 0 aromatic rings. The maximum absolute atomic E-state index is 5.10. The lowest BCUT2D eigenvalue weighted by Crippen LogP contribution is -2.32. The predicted octanol–water partition coefficient (Wildman–Crippen LogP) is 0.451. The van der Waals surface area contributed by atoms with Crippen LogP contribution in [0.25, 0.3) is 0 Å². The van der Waals surface area contributed by atoms with Crippen molar-refractivity contribution in [1.29, 1.82) is 0 Å². The summed E-state index contributed by atoms with van der Waals surface area (Å²) in [5, 5.41) is 0. The quantitative estimate of drug-likeness (QED) is 0.498. The van der Waals surface area contributed by atoms with Gasteiger partial charge in [-0.2, -0.15) is 0 Å². The first-order chi connectivity index (χ1) is 6.31. The van der Waals surface area contributed by atoms with Crippen molar-refractivity contribution in [3.8, 4) is 36.5 Å². The second kappa shape index (κ2) is 8.69. The van der Waals surface area contributed by atoms with Crippen molar-refractivity contribution in [2.45, 2.75) is 0 Å². The smallest absolute Gasteiger partial charge is 0.0594 e. The first-order valence-corrected chi connectivity index (χ1v) is 3.98. The van der Waals surface area contributed by atoms with Gasteiger partial charge in [0.25, 0.3) is 0 Å². The second-order valence-corrected chi connectivity index (χ2v) is 2.45. The summed E-state index contributed by atoms with van der Waals surface area (Å²) in [5.41, 5.74) is 0. The van der Waals surface area contributed by atoms with E-state index in [1.165, 1.54) is 0 Å². The highest BCUT2D eigenvalue weighted by Gasteiger charge is 2.02. The Morgan fingerprint density at radius 1 is 1.15 bits per heavy atom. The van der Waals surface area contributed by atoms with E-state index in [4.69, 9.17) is 17.6 Å². The average Bonchev–Trinajstić information content (AvgIpc) is 2.17. The molecule has 0 N–H and O–H groups in total. The monoisotopic (exact) mass is 177 g/mol. The van der Waals surface area contributed by atoms with E-state index in [1.807, 2.05) is 0 Å². The summed E-state index contributed by atoms with van der Waals surface area (Å²) in [5.74, 6) is 8.61. The van der Waals surface area contributed by atoms with Gasteiger partial charge in [-0.3, -0.25) is 0 Å². The minimum absolute atomic E-state index is 0. The zero-order chi connectivity index (χ0) is 9.94. The predicted molar refractivity (Wildman–Crippen MR) is 55.9 cm³/mol. The van der Waals surface area contributed by atoms with Gasteiger partial charge in [0.2, 0.25) is 0 Å². The lowest BCUT2D eigenvalue weighted by atomic mass is 10.5. The Balaban J connectivity index is 0. The molecule has 2 heteroatoms. The standard InChI is InChI=1S/C6H2.C5H11NO.H2/c1-3-5-6-4-2;1-6-2-4-7-5-3-6;/h1-2H;2-5H2,1H3;1H. The molecule has 0 aliphatic carbocycles. The number of nitrogens with zero attached hydrogens (tertiary/aromatic N) is 1. The van der Waals surface area contributed by atoms with Gasteiger partial charge in [0.1, 0.15) is 0 Å². The van der Waals surface area contributed by atoms with Crippen molar-refractivity contribution in [2.24, 2.45) is 0 Å². The molecule has 1 saturated heterocycles. The Labute approximate surface area is 81.7 Å². The largest absolute Gasteiger partial charge is 0.379 e. The molecule has 1 aliphatic heterocycles. The lowest BCUT2D eigenvalue weighted by Gasteiger charge is -2.21. The minimum atomic E-state index is 0. The number of hydrogen-bond donors (Lipinski definition) is 0. The molecular weight excluding hydrogens is 162 g/mol. The van der Waals surface area contributed by atoms with Gasteiger partial charge in [0.05, 0.1) is 13.2 Å². The molecule has 1 heterocycles. The van der Waals surface area contributed by atoms with Crippen LogP contribution in [0.5, 0.6) is 0 Å². The molecule has 0 amide bonds. The molecule has 1 fully saturated rings. The van der Waals surface area contributed by atoms with Crippen LogP contribution in [0, 0.1) is 36.5 Å². The zero-order valence-electron chi connectivity index (χ0n) is 7.84. The van der Waals surface area contributed by atoms with Crippen molar-refractivity contribution in [3.63, 3.8) is 0 Å². The Bertz CT molecular complexity index is 240. The first-order valence-electron chi connectivity index (χ1n) is 3.98. The summed E-state index contributed by atoms with van der Waals surface area (Å²) in [6.07, 6.45) is 9.39. The highest BCUT2D eigenvalue weighted by molar-refractivity contribution is 5.31. The van der Waals surface area contributed by atoms with E-state index >= 15 is 0 Å². The van der Waals surface area contributed by atoms with E-state index in [9.17, 15) is 0 Å². The zero-order valence-corrected chi connectivity index (χ0v) is 7.84. The van der Waals surface area contributed by atoms with E-state index in [0.717, 1.165) is 26.3 Å². The van der Waals surface area contributed by atoms with Crippen molar-refractivity contribution < 1.29 is 6.16 Å². The van der Waals surface area contributed by atoms with E-state index in [2.05, 4.69) is 35.6 Å². The summed E-state index contributed by atoms with van der Waals surface area (Å²) in [6.45, 7) is 4.02. The van der Waals surface area contributed by atoms with E-state index < -0.39 is 0 Å². The van der Waals surface area contributed by atoms with Crippen LogP contribution < -0.4 is 0 Å². The lowest BCUT2D eigenvalue weighted by molar-refractivity contribution is 0.0503. The van der Waals surface area contributed by atoms with Crippen molar-refractivity contribution in [2.75, 3.05) is 33.4 Å². The highest BCUT2D eigenvalue weighted by Crippen LogP contribution is 1.89. The van der Waals surface area contributed by atoms with Crippen molar-refractivity contribution in [1.82, 2.24) is 4.90 Å². The number of rotatable bonds is 0. The summed E-state index contributed by atoms with van der Waals surface area (Å²) < 4.78 is 5.10. The third kappa shape index (κ3) is 8.51. The van der Waals surface area contributed by atoms with E-state index in [-0.39, 0.29) is 1.43 Å². The fraction of sp³-hybridized carbons (Fsp3) is 0.455. The van der Waals surface area contributed by atoms with E-state index in [1.54, 1.807) is 0 Å². The fourth-order valence-corrected chi connectivity index (χ4v) is 0.727. The van der Waals surface area contributed by atoms with E-state index in [0.29, 0.717) is 0 Å². The SMILES string of the molecule is C#CC#CC#C.CN1CCOCC1.[HH]. The molecule has 1 aliphatic rings. The van der Waals surface area contributed by atoms with Gasteiger partial charge in [-0.1, -0.05) is 0 Å². The van der Waals surface area contributed by atoms with Crippen LogP contribution in [0.2, 0.25) is 0 Å². The summed E-state index contributed by atoms with van der Waals surface area (Å²) in [4.78, 5) is 2.27. The molecule has 70 valence electrons. The number of ether oxygens (including phenoxy) is 1. The van der Waals surface area contributed by atoms with Gasteiger partial charge in [0, 0.05) is 14.5 Å². The highest BCUT2D eigenvalue weighted by atomic mass is 16.5. The van der Waals surface area contributed by atoms with Crippen LogP contribution in [-0.4, -0.2) is 38.3 Å². The molecule has 0 radical (unpaired) electrons. The summed E-state index contributed by atoms with van der Waals surface area (Å²) in [7, 11) is 2.11. The molecule has 0 saturated carbocycles. The van der Waals surface area contributed by atoms with Gasteiger partial charge in [-0.05, 0) is 30.7 Å². The number of likely N-dealkylation sites (N-methyl/N-ethyl adjacent to an activating group) is 1. The Hall–Kier alpha value is -1.40. The molecule has 1 rings (SSSR count).